The number of anilines is 1. The number of benzene rings is 2. The van der Waals surface area contributed by atoms with Gasteiger partial charge in [0.25, 0.3) is 11.8 Å². The number of nitrogens with one attached hydrogen (secondary N) is 3. The Labute approximate surface area is 161 Å². The summed E-state index contributed by atoms with van der Waals surface area (Å²) in [7, 11) is 1.72. The van der Waals surface area contributed by atoms with Crippen LogP contribution in [0.25, 0.3) is 0 Å². The van der Waals surface area contributed by atoms with E-state index < -0.39 is 0 Å². The molecule has 0 heterocycles. The van der Waals surface area contributed by atoms with E-state index in [1.807, 2.05) is 0 Å². The van der Waals surface area contributed by atoms with E-state index in [-0.39, 0.29) is 37.3 Å². The Kier molecular flexibility index (Phi) is 7.38. The number of hydrogen-bond acceptors (Lipinski definition) is 2. The SMILES string of the molecule is C[NH+](CC(=O)NCc1ccccc1F)CC(=O)Nc1ccc(Cl)c(Cl)c1. The van der Waals surface area contributed by atoms with Crippen LogP contribution in [-0.4, -0.2) is 32.0 Å². The van der Waals surface area contributed by atoms with Gasteiger partial charge < -0.3 is 15.5 Å². The van der Waals surface area contributed by atoms with E-state index in [1.54, 1.807) is 43.4 Å². The zero-order chi connectivity index (χ0) is 19.1. The third kappa shape index (κ3) is 6.29. The smallest absolute Gasteiger partial charge is 0.279 e. The minimum Gasteiger partial charge on any atom is -0.347 e. The van der Waals surface area contributed by atoms with E-state index in [1.165, 1.54) is 6.07 Å². The summed E-state index contributed by atoms with van der Waals surface area (Å²) in [4.78, 5) is 24.7. The fourth-order valence-corrected chi connectivity index (χ4v) is 2.59. The quantitative estimate of drug-likeness (QED) is 0.666. The summed E-state index contributed by atoms with van der Waals surface area (Å²) in [6, 6.07) is 11.0. The molecule has 8 heteroatoms. The maximum atomic E-state index is 13.5. The average Bonchev–Trinajstić information content (AvgIpc) is 2.57. The summed E-state index contributed by atoms with van der Waals surface area (Å²) in [6.45, 7) is 0.283. The van der Waals surface area contributed by atoms with Crippen LogP contribution >= 0.6 is 23.2 Å². The zero-order valence-corrected chi connectivity index (χ0v) is 15.6. The molecule has 1 atom stereocenters. The van der Waals surface area contributed by atoms with Crippen molar-refractivity contribution in [3.8, 4) is 0 Å². The van der Waals surface area contributed by atoms with Gasteiger partial charge in [0.2, 0.25) is 0 Å². The lowest BCUT2D eigenvalue weighted by Gasteiger charge is -2.14. The Hall–Kier alpha value is -2.15. The number of halogens is 3. The van der Waals surface area contributed by atoms with Crippen molar-refractivity contribution in [2.45, 2.75) is 6.54 Å². The summed E-state index contributed by atoms with van der Waals surface area (Å²) >= 11 is 11.7. The highest BCUT2D eigenvalue weighted by molar-refractivity contribution is 6.42. The highest BCUT2D eigenvalue weighted by Crippen LogP contribution is 2.24. The van der Waals surface area contributed by atoms with Crippen LogP contribution in [0, 0.1) is 5.82 Å². The normalized spacial score (nSPS) is 11.7. The van der Waals surface area contributed by atoms with Crippen LogP contribution in [0.4, 0.5) is 10.1 Å². The molecule has 2 aromatic carbocycles. The molecule has 1 unspecified atom stereocenters. The zero-order valence-electron chi connectivity index (χ0n) is 14.1. The molecule has 0 aromatic heterocycles. The Morgan fingerprint density at radius 3 is 2.42 bits per heavy atom. The lowest BCUT2D eigenvalue weighted by atomic mass is 10.2. The maximum absolute atomic E-state index is 13.5. The number of carbonyl (C=O) groups excluding carboxylic acids is 2. The van der Waals surface area contributed by atoms with Crippen molar-refractivity contribution in [1.29, 1.82) is 0 Å². The Morgan fingerprint density at radius 2 is 1.73 bits per heavy atom. The monoisotopic (exact) mass is 398 g/mol. The highest BCUT2D eigenvalue weighted by Gasteiger charge is 2.15. The van der Waals surface area contributed by atoms with Gasteiger partial charge in [-0.05, 0) is 24.3 Å². The third-order valence-corrected chi connectivity index (χ3v) is 4.30. The van der Waals surface area contributed by atoms with Gasteiger partial charge in [-0.2, -0.15) is 0 Å². The van der Waals surface area contributed by atoms with Crippen LogP contribution in [0.1, 0.15) is 5.56 Å². The molecule has 138 valence electrons. The predicted molar refractivity (Wildman–Crippen MR) is 100.0 cm³/mol. The van der Waals surface area contributed by atoms with E-state index in [2.05, 4.69) is 10.6 Å². The van der Waals surface area contributed by atoms with Gasteiger partial charge in [-0.15, -0.1) is 0 Å². The maximum Gasteiger partial charge on any atom is 0.279 e. The van der Waals surface area contributed by atoms with Gasteiger partial charge in [-0.3, -0.25) is 9.59 Å². The second-order valence-corrected chi connectivity index (χ2v) is 6.67. The van der Waals surface area contributed by atoms with Gasteiger partial charge in [-0.1, -0.05) is 41.4 Å². The summed E-state index contributed by atoms with van der Waals surface area (Å²) in [5, 5.41) is 6.09. The average molecular weight is 399 g/mol. The molecule has 26 heavy (non-hydrogen) atoms. The van der Waals surface area contributed by atoms with Gasteiger partial charge in [0.15, 0.2) is 13.1 Å². The molecule has 0 saturated heterocycles. The number of amides is 2. The van der Waals surface area contributed by atoms with Crippen molar-refractivity contribution >= 4 is 40.7 Å². The number of rotatable bonds is 7. The van der Waals surface area contributed by atoms with Gasteiger partial charge in [0, 0.05) is 17.8 Å². The molecular weight excluding hydrogens is 380 g/mol. The standard InChI is InChI=1S/C18H18Cl2FN3O2/c1-24(10-17(25)22-9-12-4-2-3-5-16(12)21)11-18(26)23-13-6-7-14(19)15(20)8-13/h2-8H,9-11H2,1H3,(H,22,25)(H,23,26)/p+1. The number of likely N-dealkylation sites (N-methyl/N-ethyl adjacent to an activating group) is 1. The van der Waals surface area contributed by atoms with Crippen LogP contribution in [0.2, 0.25) is 10.0 Å². The van der Waals surface area contributed by atoms with E-state index in [0.717, 1.165) is 0 Å². The van der Waals surface area contributed by atoms with Crippen LogP contribution in [0.5, 0.6) is 0 Å². The van der Waals surface area contributed by atoms with Crippen molar-refractivity contribution in [2.75, 3.05) is 25.5 Å². The first-order chi connectivity index (χ1) is 12.3. The summed E-state index contributed by atoms with van der Waals surface area (Å²) in [6.07, 6.45) is 0. The molecule has 0 aliphatic carbocycles. The molecule has 2 aromatic rings. The Balaban J connectivity index is 1.77. The molecule has 0 bridgehead atoms. The topological polar surface area (TPSA) is 62.6 Å². The summed E-state index contributed by atoms with van der Waals surface area (Å²) in [5.41, 5.74) is 0.942. The van der Waals surface area contributed by atoms with Crippen molar-refractivity contribution in [2.24, 2.45) is 0 Å². The molecular formula is C18H19Cl2FN3O2+. The largest absolute Gasteiger partial charge is 0.347 e. The molecule has 0 aliphatic heterocycles. The first-order valence-corrected chi connectivity index (χ1v) is 8.67. The first-order valence-electron chi connectivity index (χ1n) is 7.91. The minimum atomic E-state index is -0.366. The Bertz CT molecular complexity index is 802. The number of quaternary nitrogens is 1. The fraction of sp³-hybridized carbons (Fsp3) is 0.222. The molecule has 0 saturated carbocycles. The summed E-state index contributed by atoms with van der Waals surface area (Å²) < 4.78 is 13.5. The first kappa shape index (κ1) is 20.2. The van der Waals surface area contributed by atoms with Gasteiger partial charge in [0.05, 0.1) is 17.1 Å². The van der Waals surface area contributed by atoms with Gasteiger partial charge >= 0.3 is 0 Å². The summed E-state index contributed by atoms with van der Waals surface area (Å²) in [5.74, 6) is -0.898. The second kappa shape index (κ2) is 9.52. The molecule has 0 aliphatic rings. The lowest BCUT2D eigenvalue weighted by molar-refractivity contribution is -0.862. The van der Waals surface area contributed by atoms with Crippen molar-refractivity contribution in [3.05, 3.63) is 63.9 Å². The van der Waals surface area contributed by atoms with Crippen LogP contribution in [-0.2, 0) is 16.1 Å². The van der Waals surface area contributed by atoms with Crippen LogP contribution in [0.3, 0.4) is 0 Å². The Morgan fingerprint density at radius 1 is 1.04 bits per heavy atom. The van der Waals surface area contributed by atoms with E-state index in [0.29, 0.717) is 26.2 Å². The van der Waals surface area contributed by atoms with Crippen molar-refractivity contribution in [1.82, 2.24) is 5.32 Å². The van der Waals surface area contributed by atoms with E-state index >= 15 is 0 Å². The molecule has 2 amide bonds. The molecule has 2 rings (SSSR count). The third-order valence-electron chi connectivity index (χ3n) is 3.56. The van der Waals surface area contributed by atoms with E-state index in [9.17, 15) is 14.0 Å². The minimum absolute atomic E-state index is 0.0866. The highest BCUT2D eigenvalue weighted by atomic mass is 35.5. The van der Waals surface area contributed by atoms with Crippen LogP contribution < -0.4 is 15.5 Å². The van der Waals surface area contributed by atoms with E-state index in [4.69, 9.17) is 23.2 Å². The van der Waals surface area contributed by atoms with Gasteiger partial charge in [-0.25, -0.2) is 4.39 Å². The van der Waals surface area contributed by atoms with Crippen molar-refractivity contribution < 1.29 is 18.9 Å². The number of hydrogen-bond donors (Lipinski definition) is 3. The molecule has 0 spiro atoms. The number of carbonyl (C=O) groups is 2. The van der Waals surface area contributed by atoms with Crippen LogP contribution in [0.15, 0.2) is 42.5 Å². The molecule has 3 N–H and O–H groups in total. The predicted octanol–water partition coefficient (Wildman–Crippen LogP) is 1.90. The molecule has 0 fully saturated rings. The van der Waals surface area contributed by atoms with Gasteiger partial charge in [0.1, 0.15) is 5.82 Å². The molecule has 5 nitrogen and oxygen atoms in total. The lowest BCUT2D eigenvalue weighted by Crippen LogP contribution is -3.11. The fourth-order valence-electron chi connectivity index (χ4n) is 2.29. The molecule has 0 radical (unpaired) electrons. The van der Waals surface area contributed by atoms with Crippen molar-refractivity contribution in [3.63, 3.8) is 0 Å². The second-order valence-electron chi connectivity index (χ2n) is 5.86.